The fourth-order valence-corrected chi connectivity index (χ4v) is 2.16. The molecule has 3 nitrogen and oxygen atoms in total. The maximum atomic E-state index is 9.04. The molecule has 2 atom stereocenters. The molecule has 2 unspecified atom stereocenters. The Morgan fingerprint density at radius 2 is 2.21 bits per heavy atom. The molecule has 1 aliphatic carbocycles. The minimum atomic E-state index is -0.232. The zero-order valence-corrected chi connectivity index (χ0v) is 8.07. The molecule has 3 heteroatoms. The van der Waals surface area contributed by atoms with E-state index in [0.717, 1.165) is 18.4 Å². The molecular weight excluding hydrogens is 174 g/mol. The summed E-state index contributed by atoms with van der Waals surface area (Å²) >= 11 is 0. The molecule has 0 aliphatic heterocycles. The monoisotopic (exact) mass is 185 g/mol. The maximum absolute atomic E-state index is 9.04. The van der Waals surface area contributed by atoms with Crippen LogP contribution < -0.4 is 0 Å². The lowest BCUT2D eigenvalue weighted by atomic mass is 9.79. The van der Waals surface area contributed by atoms with Gasteiger partial charge in [0.1, 0.15) is 0 Å². The van der Waals surface area contributed by atoms with Gasteiger partial charge in [0.2, 0.25) is 0 Å². The second-order valence-electron chi connectivity index (χ2n) is 3.71. The highest BCUT2D eigenvalue weighted by molar-refractivity contribution is 5.35. The standard InChI is InChI=1S/C11H11N3/c1-14-5-4-9-10(7-13)8(6-12)2-3-11(9)14/h4-5,8,10H,2-3H2,1H3. The fraction of sp³-hybridized carbons (Fsp3) is 0.455. The van der Waals surface area contributed by atoms with Crippen LogP contribution in [0.5, 0.6) is 0 Å². The Morgan fingerprint density at radius 1 is 1.43 bits per heavy atom. The van der Waals surface area contributed by atoms with Gasteiger partial charge in [-0.05, 0) is 24.5 Å². The van der Waals surface area contributed by atoms with Gasteiger partial charge in [-0.1, -0.05) is 0 Å². The minimum absolute atomic E-state index is 0.130. The van der Waals surface area contributed by atoms with Gasteiger partial charge in [0.25, 0.3) is 0 Å². The molecular formula is C11H11N3. The number of hydrogen-bond donors (Lipinski definition) is 0. The lowest BCUT2D eigenvalue weighted by molar-refractivity contribution is 0.508. The molecule has 70 valence electrons. The molecule has 1 heterocycles. The average Bonchev–Trinajstić information content (AvgIpc) is 2.59. The second kappa shape index (κ2) is 3.20. The van der Waals surface area contributed by atoms with Crippen LogP contribution in [0.3, 0.4) is 0 Å². The second-order valence-corrected chi connectivity index (χ2v) is 3.71. The predicted molar refractivity (Wildman–Crippen MR) is 51.2 cm³/mol. The summed E-state index contributed by atoms with van der Waals surface area (Å²) in [4.78, 5) is 0. The van der Waals surface area contributed by atoms with Crippen molar-refractivity contribution in [2.45, 2.75) is 18.8 Å². The van der Waals surface area contributed by atoms with Crippen molar-refractivity contribution in [1.82, 2.24) is 4.57 Å². The molecule has 0 N–H and O–H groups in total. The summed E-state index contributed by atoms with van der Waals surface area (Å²) in [5, 5.41) is 18.0. The van der Waals surface area contributed by atoms with Gasteiger partial charge in [-0.15, -0.1) is 0 Å². The van der Waals surface area contributed by atoms with Gasteiger partial charge in [-0.2, -0.15) is 10.5 Å². The number of fused-ring (bicyclic) bond motifs is 1. The molecule has 0 spiro atoms. The smallest absolute Gasteiger partial charge is 0.0888 e. The van der Waals surface area contributed by atoms with Crippen molar-refractivity contribution in [3.05, 3.63) is 23.5 Å². The molecule has 0 radical (unpaired) electrons. The van der Waals surface area contributed by atoms with E-state index in [2.05, 4.69) is 12.1 Å². The minimum Gasteiger partial charge on any atom is -0.354 e. The molecule has 0 saturated heterocycles. The summed E-state index contributed by atoms with van der Waals surface area (Å²) in [6.45, 7) is 0. The summed E-state index contributed by atoms with van der Waals surface area (Å²) < 4.78 is 2.05. The summed E-state index contributed by atoms with van der Waals surface area (Å²) in [5.74, 6) is -0.361. The first kappa shape index (κ1) is 8.84. The van der Waals surface area contributed by atoms with E-state index >= 15 is 0 Å². The van der Waals surface area contributed by atoms with E-state index in [1.54, 1.807) is 0 Å². The van der Waals surface area contributed by atoms with Gasteiger partial charge in [0.05, 0.1) is 24.0 Å². The molecule has 2 rings (SSSR count). The Morgan fingerprint density at radius 3 is 2.86 bits per heavy atom. The third-order valence-corrected chi connectivity index (χ3v) is 2.97. The van der Waals surface area contributed by atoms with Crippen LogP contribution in [-0.4, -0.2) is 4.57 Å². The highest BCUT2D eigenvalue weighted by Crippen LogP contribution is 2.35. The van der Waals surface area contributed by atoms with Crippen molar-refractivity contribution >= 4 is 0 Å². The van der Waals surface area contributed by atoms with Crippen molar-refractivity contribution in [3.8, 4) is 12.1 Å². The first-order valence-corrected chi connectivity index (χ1v) is 4.71. The average molecular weight is 185 g/mol. The van der Waals surface area contributed by atoms with Crippen LogP contribution in [0.15, 0.2) is 12.3 Å². The third kappa shape index (κ3) is 1.10. The van der Waals surface area contributed by atoms with Gasteiger partial charge >= 0.3 is 0 Å². The number of rotatable bonds is 0. The lowest BCUT2D eigenvalue weighted by Gasteiger charge is -2.22. The topological polar surface area (TPSA) is 52.5 Å². The quantitative estimate of drug-likeness (QED) is 0.618. The number of hydrogen-bond acceptors (Lipinski definition) is 2. The van der Waals surface area contributed by atoms with Crippen LogP contribution in [0.25, 0.3) is 0 Å². The SMILES string of the molecule is Cn1ccc2c1CCC(C#N)C2C#N. The van der Waals surface area contributed by atoms with E-state index in [4.69, 9.17) is 10.5 Å². The van der Waals surface area contributed by atoms with Crippen molar-refractivity contribution in [3.63, 3.8) is 0 Å². The first-order valence-electron chi connectivity index (χ1n) is 4.71. The van der Waals surface area contributed by atoms with E-state index in [1.807, 2.05) is 23.9 Å². The van der Waals surface area contributed by atoms with E-state index in [0.29, 0.717) is 0 Å². The first-order chi connectivity index (χ1) is 6.77. The largest absolute Gasteiger partial charge is 0.354 e. The van der Waals surface area contributed by atoms with Crippen LogP contribution in [0.2, 0.25) is 0 Å². The summed E-state index contributed by atoms with van der Waals surface area (Å²) in [6, 6.07) is 6.43. The number of aromatic nitrogens is 1. The van der Waals surface area contributed by atoms with Crippen LogP contribution in [-0.2, 0) is 13.5 Å². The van der Waals surface area contributed by atoms with Gasteiger partial charge in [-0.25, -0.2) is 0 Å². The highest BCUT2D eigenvalue weighted by Gasteiger charge is 2.30. The van der Waals surface area contributed by atoms with Gasteiger partial charge in [0.15, 0.2) is 0 Å². The molecule has 1 aromatic rings. The van der Waals surface area contributed by atoms with Crippen LogP contribution in [0.1, 0.15) is 23.6 Å². The van der Waals surface area contributed by atoms with Crippen molar-refractivity contribution < 1.29 is 0 Å². The van der Waals surface area contributed by atoms with Crippen molar-refractivity contribution in [2.24, 2.45) is 13.0 Å². The molecule has 0 fully saturated rings. The summed E-state index contributed by atoms with van der Waals surface area (Å²) in [6.07, 6.45) is 3.68. The Bertz CT molecular complexity index is 430. The lowest BCUT2D eigenvalue weighted by Crippen LogP contribution is -2.18. The molecule has 0 aromatic carbocycles. The Hall–Kier alpha value is -1.74. The Kier molecular flexibility index (Phi) is 2.02. The molecule has 0 amide bonds. The zero-order valence-electron chi connectivity index (χ0n) is 8.07. The van der Waals surface area contributed by atoms with Crippen LogP contribution >= 0.6 is 0 Å². The van der Waals surface area contributed by atoms with Gasteiger partial charge < -0.3 is 4.57 Å². The van der Waals surface area contributed by atoms with Gasteiger partial charge in [0, 0.05) is 18.9 Å². The van der Waals surface area contributed by atoms with E-state index in [1.165, 1.54) is 5.69 Å². The van der Waals surface area contributed by atoms with E-state index in [-0.39, 0.29) is 11.8 Å². The number of nitriles is 2. The van der Waals surface area contributed by atoms with E-state index < -0.39 is 0 Å². The Labute approximate surface area is 83.2 Å². The molecule has 1 aliphatic rings. The molecule has 14 heavy (non-hydrogen) atoms. The highest BCUT2D eigenvalue weighted by atomic mass is 14.9. The van der Waals surface area contributed by atoms with Gasteiger partial charge in [-0.3, -0.25) is 0 Å². The van der Waals surface area contributed by atoms with Crippen molar-refractivity contribution in [1.29, 1.82) is 10.5 Å². The number of nitrogens with zero attached hydrogens (tertiary/aromatic N) is 3. The molecule has 1 aromatic heterocycles. The number of aryl methyl sites for hydroxylation is 1. The Balaban J connectivity index is 2.48. The maximum Gasteiger partial charge on any atom is 0.0888 e. The molecule has 0 bridgehead atoms. The van der Waals surface area contributed by atoms with Crippen molar-refractivity contribution in [2.75, 3.05) is 0 Å². The third-order valence-electron chi connectivity index (χ3n) is 2.97. The van der Waals surface area contributed by atoms with Crippen LogP contribution in [0, 0.1) is 28.6 Å². The van der Waals surface area contributed by atoms with E-state index in [9.17, 15) is 0 Å². The fourth-order valence-electron chi connectivity index (χ4n) is 2.16. The summed E-state index contributed by atoms with van der Waals surface area (Å²) in [7, 11) is 1.99. The normalized spacial score (nSPS) is 24.8. The predicted octanol–water partition coefficient (Wildman–Crippen LogP) is 1.72. The van der Waals surface area contributed by atoms with Crippen LogP contribution in [0.4, 0.5) is 0 Å². The summed E-state index contributed by atoms with van der Waals surface area (Å²) in [5.41, 5.74) is 2.26. The molecule has 0 saturated carbocycles. The zero-order chi connectivity index (χ0) is 10.1.